The van der Waals surface area contributed by atoms with Crippen LogP contribution in [0.15, 0.2) is 24.3 Å². The monoisotopic (exact) mass is 235 g/mol. The number of rotatable bonds is 4. The molecule has 0 saturated carbocycles. The van der Waals surface area contributed by atoms with Crippen molar-refractivity contribution >= 4 is 5.69 Å². The maximum absolute atomic E-state index is 10.2. The molecule has 0 amide bonds. The number of anilines is 1. The van der Waals surface area contributed by atoms with Gasteiger partial charge in [-0.3, -0.25) is 0 Å². The molecule has 1 N–H and O–H groups in total. The molecule has 0 radical (unpaired) electrons. The van der Waals surface area contributed by atoms with Gasteiger partial charge in [0, 0.05) is 19.8 Å². The fourth-order valence-electron chi connectivity index (χ4n) is 1.75. The van der Waals surface area contributed by atoms with Gasteiger partial charge in [-0.05, 0) is 36.0 Å². The van der Waals surface area contributed by atoms with E-state index in [2.05, 4.69) is 37.8 Å². The molecule has 0 bridgehead atoms. The molecular weight excluding hydrogens is 210 g/mol. The summed E-state index contributed by atoms with van der Waals surface area (Å²) in [6.07, 6.45) is 1.50. The summed E-state index contributed by atoms with van der Waals surface area (Å²) in [5.74, 6) is 0. The molecule has 1 aromatic rings. The van der Waals surface area contributed by atoms with Gasteiger partial charge in [0.15, 0.2) is 0 Å². The van der Waals surface area contributed by atoms with Crippen molar-refractivity contribution in [2.75, 3.05) is 19.0 Å². The molecule has 0 spiro atoms. The number of aliphatic hydroxyl groups excluding tert-OH is 1. The van der Waals surface area contributed by atoms with Gasteiger partial charge in [-0.1, -0.05) is 32.9 Å². The van der Waals surface area contributed by atoms with Gasteiger partial charge in [-0.15, -0.1) is 0 Å². The van der Waals surface area contributed by atoms with Crippen molar-refractivity contribution in [1.29, 1.82) is 0 Å². The highest BCUT2D eigenvalue weighted by Crippen LogP contribution is 2.28. The summed E-state index contributed by atoms with van der Waals surface area (Å²) in [6, 6.07) is 8.12. The van der Waals surface area contributed by atoms with E-state index in [0.717, 1.165) is 24.1 Å². The second-order valence-corrected chi connectivity index (χ2v) is 6.10. The van der Waals surface area contributed by atoms with Gasteiger partial charge < -0.3 is 10.0 Å². The summed E-state index contributed by atoms with van der Waals surface area (Å²) in [5.41, 5.74) is 2.43. The van der Waals surface area contributed by atoms with Gasteiger partial charge in [0.25, 0.3) is 0 Å². The van der Waals surface area contributed by atoms with E-state index in [-0.39, 0.29) is 11.5 Å². The zero-order chi connectivity index (χ0) is 13.1. The van der Waals surface area contributed by atoms with Gasteiger partial charge in [0.1, 0.15) is 0 Å². The van der Waals surface area contributed by atoms with Crippen molar-refractivity contribution in [3.63, 3.8) is 0 Å². The first kappa shape index (κ1) is 14.0. The molecule has 96 valence electrons. The summed E-state index contributed by atoms with van der Waals surface area (Å²) in [6.45, 7) is 6.61. The minimum absolute atomic E-state index is 0.278. The number of nitrogens with zero attached hydrogens (tertiary/aromatic N) is 1. The van der Waals surface area contributed by atoms with Gasteiger partial charge in [0.2, 0.25) is 0 Å². The quantitative estimate of drug-likeness (QED) is 0.861. The van der Waals surface area contributed by atoms with Crippen LogP contribution < -0.4 is 4.90 Å². The highest BCUT2D eigenvalue weighted by Gasteiger charge is 2.15. The molecule has 17 heavy (non-hydrogen) atoms. The summed E-state index contributed by atoms with van der Waals surface area (Å²) < 4.78 is 0. The summed E-state index contributed by atoms with van der Waals surface area (Å²) in [5, 5.41) is 10.2. The molecule has 0 aliphatic carbocycles. The Kier molecular flexibility index (Phi) is 4.58. The minimum Gasteiger partial charge on any atom is -0.388 e. The molecule has 0 saturated heterocycles. The van der Waals surface area contributed by atoms with Crippen LogP contribution in [0.4, 0.5) is 5.69 Å². The van der Waals surface area contributed by atoms with Crippen LogP contribution >= 0.6 is 0 Å². The van der Waals surface area contributed by atoms with Crippen molar-refractivity contribution in [3.05, 3.63) is 29.8 Å². The van der Waals surface area contributed by atoms with E-state index in [1.165, 1.54) is 0 Å². The lowest BCUT2D eigenvalue weighted by Crippen LogP contribution is -2.11. The number of benzene rings is 1. The van der Waals surface area contributed by atoms with E-state index in [1.54, 1.807) is 0 Å². The van der Waals surface area contributed by atoms with Crippen molar-refractivity contribution in [2.45, 2.75) is 39.7 Å². The third-order valence-electron chi connectivity index (χ3n) is 2.94. The van der Waals surface area contributed by atoms with Crippen LogP contribution in [0.25, 0.3) is 0 Å². The van der Waals surface area contributed by atoms with Crippen LogP contribution in [0.1, 0.15) is 45.3 Å². The molecule has 0 aliphatic rings. The molecule has 1 unspecified atom stereocenters. The third-order valence-corrected chi connectivity index (χ3v) is 2.94. The number of aliphatic hydroxyl groups is 1. The zero-order valence-electron chi connectivity index (χ0n) is 11.7. The lowest BCUT2D eigenvalue weighted by atomic mass is 9.88. The largest absolute Gasteiger partial charge is 0.388 e. The average molecular weight is 235 g/mol. The molecule has 2 heteroatoms. The van der Waals surface area contributed by atoms with E-state index in [9.17, 15) is 5.11 Å². The molecule has 0 heterocycles. The lowest BCUT2D eigenvalue weighted by molar-refractivity contribution is 0.147. The Bertz CT molecular complexity index is 352. The standard InChI is InChI=1S/C15H25NO/c1-15(2,3)10-9-14(17)12-7-6-8-13(11-12)16(4)5/h6-8,11,14,17H,9-10H2,1-5H3. The Morgan fingerprint density at radius 1 is 1.24 bits per heavy atom. The first-order chi connectivity index (χ1) is 7.79. The summed E-state index contributed by atoms with van der Waals surface area (Å²) in [7, 11) is 4.03. The zero-order valence-corrected chi connectivity index (χ0v) is 11.7. The Morgan fingerprint density at radius 3 is 2.41 bits per heavy atom. The smallest absolute Gasteiger partial charge is 0.0791 e. The molecule has 2 nitrogen and oxygen atoms in total. The highest BCUT2D eigenvalue weighted by molar-refractivity contribution is 5.47. The maximum atomic E-state index is 10.2. The fraction of sp³-hybridized carbons (Fsp3) is 0.600. The highest BCUT2D eigenvalue weighted by atomic mass is 16.3. The molecule has 0 aliphatic heterocycles. The van der Waals surface area contributed by atoms with Crippen molar-refractivity contribution in [2.24, 2.45) is 5.41 Å². The Labute approximate surface area is 105 Å². The topological polar surface area (TPSA) is 23.5 Å². The van der Waals surface area contributed by atoms with E-state index in [1.807, 2.05) is 26.2 Å². The van der Waals surface area contributed by atoms with Crippen LogP contribution in [0.2, 0.25) is 0 Å². The van der Waals surface area contributed by atoms with Crippen LogP contribution in [-0.4, -0.2) is 19.2 Å². The Balaban J connectivity index is 2.69. The van der Waals surface area contributed by atoms with Crippen molar-refractivity contribution in [1.82, 2.24) is 0 Å². The van der Waals surface area contributed by atoms with Crippen LogP contribution in [0.5, 0.6) is 0 Å². The molecule has 0 fully saturated rings. The van der Waals surface area contributed by atoms with Gasteiger partial charge >= 0.3 is 0 Å². The van der Waals surface area contributed by atoms with Crippen LogP contribution in [0, 0.1) is 5.41 Å². The Hall–Kier alpha value is -1.02. The molecular formula is C15H25NO. The SMILES string of the molecule is CN(C)c1cccc(C(O)CCC(C)(C)C)c1. The number of hydrogen-bond donors (Lipinski definition) is 1. The Morgan fingerprint density at radius 2 is 1.88 bits per heavy atom. The van der Waals surface area contributed by atoms with Gasteiger partial charge in [0.05, 0.1) is 6.10 Å². The van der Waals surface area contributed by atoms with E-state index in [0.29, 0.717) is 0 Å². The number of hydrogen-bond acceptors (Lipinski definition) is 2. The predicted molar refractivity (Wildman–Crippen MR) is 74.4 cm³/mol. The molecule has 1 rings (SSSR count). The van der Waals surface area contributed by atoms with Crippen LogP contribution in [0.3, 0.4) is 0 Å². The van der Waals surface area contributed by atoms with Crippen molar-refractivity contribution in [3.8, 4) is 0 Å². The average Bonchev–Trinajstić information content (AvgIpc) is 2.25. The second kappa shape index (κ2) is 5.54. The van der Waals surface area contributed by atoms with E-state index < -0.39 is 0 Å². The van der Waals surface area contributed by atoms with Crippen molar-refractivity contribution < 1.29 is 5.11 Å². The fourth-order valence-corrected chi connectivity index (χ4v) is 1.75. The molecule has 0 aromatic heterocycles. The maximum Gasteiger partial charge on any atom is 0.0791 e. The summed E-state index contributed by atoms with van der Waals surface area (Å²) >= 11 is 0. The first-order valence-corrected chi connectivity index (χ1v) is 6.25. The first-order valence-electron chi connectivity index (χ1n) is 6.25. The summed E-state index contributed by atoms with van der Waals surface area (Å²) in [4.78, 5) is 2.06. The van der Waals surface area contributed by atoms with E-state index in [4.69, 9.17) is 0 Å². The second-order valence-electron chi connectivity index (χ2n) is 6.10. The minimum atomic E-state index is -0.353. The van der Waals surface area contributed by atoms with Gasteiger partial charge in [-0.25, -0.2) is 0 Å². The lowest BCUT2D eigenvalue weighted by Gasteiger charge is -2.21. The molecule has 1 aromatic carbocycles. The predicted octanol–water partition coefficient (Wildman–Crippen LogP) is 3.61. The van der Waals surface area contributed by atoms with Gasteiger partial charge in [-0.2, -0.15) is 0 Å². The third kappa shape index (κ3) is 4.78. The van der Waals surface area contributed by atoms with Crippen LogP contribution in [-0.2, 0) is 0 Å². The normalized spacial score (nSPS) is 13.5. The molecule has 1 atom stereocenters. The van der Waals surface area contributed by atoms with E-state index >= 15 is 0 Å².